The summed E-state index contributed by atoms with van der Waals surface area (Å²) in [6, 6.07) is 13.8. The number of carbonyl (C=O) groups is 1. The van der Waals surface area contributed by atoms with Crippen LogP contribution in [0.4, 0.5) is 0 Å². The summed E-state index contributed by atoms with van der Waals surface area (Å²) >= 11 is 0. The predicted octanol–water partition coefficient (Wildman–Crippen LogP) is 3.46. The highest BCUT2D eigenvalue weighted by Gasteiger charge is 2.28. The fourth-order valence-electron chi connectivity index (χ4n) is 4.16. The van der Waals surface area contributed by atoms with E-state index in [4.69, 9.17) is 0 Å². The van der Waals surface area contributed by atoms with Gasteiger partial charge in [0.2, 0.25) is 0 Å². The van der Waals surface area contributed by atoms with Crippen LogP contribution in [0.2, 0.25) is 0 Å². The van der Waals surface area contributed by atoms with E-state index in [9.17, 15) is 15.0 Å². The van der Waals surface area contributed by atoms with Crippen LogP contribution in [0.15, 0.2) is 54.1 Å². The minimum atomic E-state index is -0.259. The van der Waals surface area contributed by atoms with Crippen LogP contribution >= 0.6 is 0 Å². The summed E-state index contributed by atoms with van der Waals surface area (Å²) in [5.41, 5.74) is 4.08. The Kier molecular flexibility index (Phi) is 5.10. The van der Waals surface area contributed by atoms with Crippen LogP contribution in [0.25, 0.3) is 0 Å². The van der Waals surface area contributed by atoms with Gasteiger partial charge in [0.15, 0.2) is 5.78 Å². The summed E-state index contributed by atoms with van der Waals surface area (Å²) in [6.07, 6.45) is 4.86. The summed E-state index contributed by atoms with van der Waals surface area (Å²) in [6.45, 7) is 2.81. The van der Waals surface area contributed by atoms with Crippen LogP contribution in [0.3, 0.4) is 0 Å². The zero-order valence-electron chi connectivity index (χ0n) is 15.4. The van der Waals surface area contributed by atoms with Gasteiger partial charge in [0.25, 0.3) is 0 Å². The Balaban J connectivity index is 1.40. The van der Waals surface area contributed by atoms with E-state index in [1.54, 1.807) is 12.1 Å². The van der Waals surface area contributed by atoms with Gasteiger partial charge in [-0.05, 0) is 55.1 Å². The van der Waals surface area contributed by atoms with Gasteiger partial charge in [-0.2, -0.15) is 0 Å². The molecule has 1 fully saturated rings. The highest BCUT2D eigenvalue weighted by atomic mass is 16.3. The molecule has 0 bridgehead atoms. The van der Waals surface area contributed by atoms with Crippen molar-refractivity contribution in [3.05, 3.63) is 76.4 Å². The fourth-order valence-corrected chi connectivity index (χ4v) is 4.16. The second kappa shape index (κ2) is 7.67. The minimum absolute atomic E-state index is 0.0476. The normalized spacial score (nSPS) is 19.6. The number of aromatic hydroxyl groups is 1. The van der Waals surface area contributed by atoms with Crippen molar-refractivity contribution < 1.29 is 15.0 Å². The molecular formula is C23H25NO3. The van der Waals surface area contributed by atoms with Crippen LogP contribution in [-0.2, 0) is 19.6 Å². The summed E-state index contributed by atoms with van der Waals surface area (Å²) in [7, 11) is 0. The van der Waals surface area contributed by atoms with Crippen LogP contribution in [0, 0.1) is 5.92 Å². The molecule has 0 aromatic heterocycles. The van der Waals surface area contributed by atoms with E-state index in [1.807, 2.05) is 6.07 Å². The van der Waals surface area contributed by atoms with Gasteiger partial charge in [0.1, 0.15) is 5.75 Å². The maximum Gasteiger partial charge on any atom is 0.189 e. The standard InChI is InChI=1S/C23H25NO3/c25-15-20-12-21-18(13-22(20)26)11-19(23(21)27)10-16-6-8-24(9-7-16)14-17-4-2-1-3-5-17/h1-5,10,12-13,16,25-26H,6-9,11,14-15H2. The van der Waals surface area contributed by atoms with Gasteiger partial charge in [-0.15, -0.1) is 0 Å². The number of benzene rings is 2. The second-order valence-corrected chi connectivity index (χ2v) is 7.59. The van der Waals surface area contributed by atoms with E-state index in [1.165, 1.54) is 5.56 Å². The number of Topliss-reactive ketones (excluding diaryl/α,β-unsaturated/α-hetero) is 1. The number of fused-ring (bicyclic) bond motifs is 1. The first-order valence-electron chi connectivity index (χ1n) is 9.61. The first-order valence-corrected chi connectivity index (χ1v) is 9.61. The molecule has 4 nitrogen and oxygen atoms in total. The molecule has 2 aromatic rings. The Labute approximate surface area is 159 Å². The zero-order chi connectivity index (χ0) is 18.8. The maximum atomic E-state index is 12.7. The molecule has 0 amide bonds. The van der Waals surface area contributed by atoms with Crippen molar-refractivity contribution in [2.75, 3.05) is 13.1 Å². The molecule has 1 heterocycles. The average molecular weight is 363 g/mol. The summed E-state index contributed by atoms with van der Waals surface area (Å²) in [5.74, 6) is 0.544. The van der Waals surface area contributed by atoms with Gasteiger partial charge >= 0.3 is 0 Å². The van der Waals surface area contributed by atoms with Gasteiger partial charge in [-0.1, -0.05) is 36.4 Å². The Morgan fingerprint density at radius 3 is 2.56 bits per heavy atom. The lowest BCUT2D eigenvalue weighted by Crippen LogP contribution is -2.32. The minimum Gasteiger partial charge on any atom is -0.508 e. The highest BCUT2D eigenvalue weighted by Crippen LogP contribution is 2.33. The van der Waals surface area contributed by atoms with Crippen LogP contribution in [-0.4, -0.2) is 34.0 Å². The number of aliphatic hydroxyl groups is 1. The largest absolute Gasteiger partial charge is 0.508 e. The number of likely N-dealkylation sites (tertiary alicyclic amines) is 1. The van der Waals surface area contributed by atoms with Crippen molar-refractivity contribution in [3.8, 4) is 5.75 Å². The number of ketones is 1. The molecule has 2 aromatic carbocycles. The number of phenols is 1. The molecule has 1 aliphatic carbocycles. The molecule has 2 N–H and O–H groups in total. The van der Waals surface area contributed by atoms with Crippen molar-refractivity contribution in [2.24, 2.45) is 5.92 Å². The summed E-state index contributed by atoms with van der Waals surface area (Å²) < 4.78 is 0. The monoisotopic (exact) mass is 363 g/mol. The topological polar surface area (TPSA) is 60.8 Å². The SMILES string of the molecule is O=C1C(=CC2CCN(Cc3ccccc3)CC2)Cc2cc(O)c(CO)cc21. The van der Waals surface area contributed by atoms with E-state index < -0.39 is 0 Å². The molecule has 0 atom stereocenters. The Morgan fingerprint density at radius 1 is 1.11 bits per heavy atom. The van der Waals surface area contributed by atoms with E-state index in [-0.39, 0.29) is 18.1 Å². The number of allylic oxidation sites excluding steroid dienone is 2. The number of piperidine rings is 1. The lowest BCUT2D eigenvalue weighted by molar-refractivity contribution is 0.103. The third-order valence-electron chi connectivity index (χ3n) is 5.71. The number of hydrogen-bond acceptors (Lipinski definition) is 4. The maximum absolute atomic E-state index is 12.7. The van der Waals surface area contributed by atoms with Crippen molar-refractivity contribution in [1.29, 1.82) is 0 Å². The molecule has 140 valence electrons. The smallest absolute Gasteiger partial charge is 0.189 e. The third kappa shape index (κ3) is 3.82. The van der Waals surface area contributed by atoms with Crippen molar-refractivity contribution in [3.63, 3.8) is 0 Å². The molecule has 0 saturated carbocycles. The molecule has 2 aliphatic rings. The highest BCUT2D eigenvalue weighted by molar-refractivity contribution is 6.13. The Hall–Kier alpha value is -2.43. The quantitative estimate of drug-likeness (QED) is 0.817. The predicted molar refractivity (Wildman–Crippen MR) is 105 cm³/mol. The van der Waals surface area contributed by atoms with Gasteiger partial charge in [0, 0.05) is 29.7 Å². The summed E-state index contributed by atoms with van der Waals surface area (Å²) in [4.78, 5) is 15.2. The lowest BCUT2D eigenvalue weighted by atomic mass is 9.93. The average Bonchev–Trinajstić information content (AvgIpc) is 2.98. The van der Waals surface area contributed by atoms with Crippen LogP contribution in [0.1, 0.15) is 39.9 Å². The van der Waals surface area contributed by atoms with Gasteiger partial charge < -0.3 is 10.2 Å². The summed E-state index contributed by atoms with van der Waals surface area (Å²) in [5, 5.41) is 19.2. The van der Waals surface area contributed by atoms with Crippen LogP contribution in [0.5, 0.6) is 5.75 Å². The molecule has 0 spiro atoms. The second-order valence-electron chi connectivity index (χ2n) is 7.59. The molecule has 1 saturated heterocycles. The van der Waals surface area contributed by atoms with E-state index in [0.29, 0.717) is 23.5 Å². The van der Waals surface area contributed by atoms with Crippen LogP contribution < -0.4 is 0 Å². The zero-order valence-corrected chi connectivity index (χ0v) is 15.4. The Morgan fingerprint density at radius 2 is 1.85 bits per heavy atom. The fraction of sp³-hybridized carbons (Fsp3) is 0.348. The third-order valence-corrected chi connectivity index (χ3v) is 5.71. The van der Waals surface area contributed by atoms with Crippen molar-refractivity contribution in [2.45, 2.75) is 32.4 Å². The molecule has 27 heavy (non-hydrogen) atoms. The molecule has 1 aliphatic heterocycles. The molecular weight excluding hydrogens is 338 g/mol. The lowest BCUT2D eigenvalue weighted by Gasteiger charge is -2.30. The van der Waals surface area contributed by atoms with E-state index in [2.05, 4.69) is 35.2 Å². The van der Waals surface area contributed by atoms with Crippen molar-refractivity contribution >= 4 is 5.78 Å². The van der Waals surface area contributed by atoms with Gasteiger partial charge in [0.05, 0.1) is 6.61 Å². The van der Waals surface area contributed by atoms with E-state index >= 15 is 0 Å². The molecule has 0 unspecified atom stereocenters. The molecule has 4 heteroatoms. The number of aliphatic hydroxyl groups excluding tert-OH is 1. The van der Waals surface area contributed by atoms with Crippen molar-refractivity contribution in [1.82, 2.24) is 4.90 Å². The van der Waals surface area contributed by atoms with E-state index in [0.717, 1.165) is 43.6 Å². The van der Waals surface area contributed by atoms with Gasteiger partial charge in [-0.3, -0.25) is 9.69 Å². The number of rotatable bonds is 4. The Bertz CT molecular complexity index is 865. The molecule has 0 radical (unpaired) electrons. The number of carbonyl (C=O) groups excluding carboxylic acids is 1. The van der Waals surface area contributed by atoms with Gasteiger partial charge in [-0.25, -0.2) is 0 Å². The number of nitrogens with zero attached hydrogens (tertiary/aromatic N) is 1. The first-order chi connectivity index (χ1) is 13.1. The first kappa shape index (κ1) is 18.0. The molecule has 4 rings (SSSR count). The number of hydrogen-bond donors (Lipinski definition) is 2.